The molecule has 0 aliphatic carbocycles. The van der Waals surface area contributed by atoms with E-state index in [1.54, 1.807) is 35.4 Å². The summed E-state index contributed by atoms with van der Waals surface area (Å²) in [5, 5.41) is 4.33. The number of carbonyl (C=O) groups excluding carboxylic acids is 1. The predicted molar refractivity (Wildman–Crippen MR) is 117 cm³/mol. The summed E-state index contributed by atoms with van der Waals surface area (Å²) in [5.41, 5.74) is 3.09. The fraction of sp³-hybridized carbons (Fsp3) is 0.273. The lowest BCUT2D eigenvalue weighted by molar-refractivity contribution is -0.136. The van der Waals surface area contributed by atoms with Crippen molar-refractivity contribution in [3.63, 3.8) is 0 Å². The van der Waals surface area contributed by atoms with Gasteiger partial charge in [-0.1, -0.05) is 23.5 Å². The van der Waals surface area contributed by atoms with Gasteiger partial charge >= 0.3 is 5.97 Å². The lowest BCUT2D eigenvalue weighted by Crippen LogP contribution is -2.39. The topological polar surface area (TPSA) is 87.7 Å². The standard InChI is InChI=1S/C22H22N4O4S/c1-12-15(11-25(3)24-12)10-17-20(27)26-19(14-6-8-16(29-4)9-7-14)18(21(28)30-5)13(2)23-22(26)31-17/h6-11,19H,1-5H3/b17-10+. The van der Waals surface area contributed by atoms with Crippen molar-refractivity contribution in [1.82, 2.24) is 14.3 Å². The number of thiazole rings is 1. The maximum Gasteiger partial charge on any atom is 0.338 e. The van der Waals surface area contributed by atoms with Crippen LogP contribution >= 0.6 is 11.3 Å². The maximum atomic E-state index is 13.5. The van der Waals surface area contributed by atoms with E-state index in [4.69, 9.17) is 9.47 Å². The molecule has 1 atom stereocenters. The summed E-state index contributed by atoms with van der Waals surface area (Å²) in [5.74, 6) is 0.169. The predicted octanol–water partition coefficient (Wildman–Crippen LogP) is 1.46. The second-order valence-corrected chi connectivity index (χ2v) is 8.20. The van der Waals surface area contributed by atoms with Crippen molar-refractivity contribution in [2.24, 2.45) is 12.0 Å². The van der Waals surface area contributed by atoms with Crippen molar-refractivity contribution in [2.45, 2.75) is 19.9 Å². The number of hydrogen-bond donors (Lipinski definition) is 0. The van der Waals surface area contributed by atoms with Crippen LogP contribution in [0, 0.1) is 6.92 Å². The average molecular weight is 439 g/mol. The zero-order valence-corrected chi connectivity index (χ0v) is 18.7. The highest BCUT2D eigenvalue weighted by molar-refractivity contribution is 7.07. The van der Waals surface area contributed by atoms with E-state index in [0.29, 0.717) is 26.4 Å². The maximum absolute atomic E-state index is 13.5. The first-order valence-corrected chi connectivity index (χ1v) is 10.4. The number of methoxy groups -OCH3 is 2. The summed E-state index contributed by atoms with van der Waals surface area (Å²) >= 11 is 1.29. The van der Waals surface area contributed by atoms with Crippen molar-refractivity contribution in [2.75, 3.05) is 14.2 Å². The first-order valence-electron chi connectivity index (χ1n) is 9.59. The number of carbonyl (C=O) groups is 1. The van der Waals surface area contributed by atoms with Gasteiger partial charge in [0.1, 0.15) is 5.75 Å². The Morgan fingerprint density at radius 2 is 1.90 bits per heavy atom. The Labute approximate surface area is 182 Å². The fourth-order valence-corrected chi connectivity index (χ4v) is 4.73. The number of hydrogen-bond acceptors (Lipinski definition) is 7. The molecule has 160 valence electrons. The third kappa shape index (κ3) is 3.61. The van der Waals surface area contributed by atoms with Crippen LogP contribution in [0.4, 0.5) is 0 Å². The highest BCUT2D eigenvalue weighted by Crippen LogP contribution is 2.31. The summed E-state index contributed by atoms with van der Waals surface area (Å²) < 4.78 is 14.1. The smallest absolute Gasteiger partial charge is 0.338 e. The van der Waals surface area contributed by atoms with E-state index in [9.17, 15) is 9.59 Å². The molecule has 1 aliphatic rings. The minimum Gasteiger partial charge on any atom is -0.497 e. The van der Waals surface area contributed by atoms with Crippen molar-refractivity contribution in [3.05, 3.63) is 78.2 Å². The Morgan fingerprint density at radius 3 is 2.48 bits per heavy atom. The van der Waals surface area contributed by atoms with E-state index < -0.39 is 12.0 Å². The van der Waals surface area contributed by atoms with Gasteiger partial charge in [-0.05, 0) is 37.6 Å². The summed E-state index contributed by atoms with van der Waals surface area (Å²) in [4.78, 5) is 31.2. The van der Waals surface area contributed by atoms with E-state index in [2.05, 4.69) is 10.1 Å². The van der Waals surface area contributed by atoms with E-state index in [-0.39, 0.29) is 5.56 Å². The molecule has 3 aromatic rings. The SMILES string of the molecule is COC(=O)C1=C(C)N=c2s/c(=C/c3cn(C)nc3C)c(=O)n2C1c1ccc(OC)cc1. The number of nitrogens with zero attached hydrogens (tertiary/aromatic N) is 4. The minimum atomic E-state index is -0.647. The Hall–Kier alpha value is -3.46. The molecular formula is C22H22N4O4S. The average Bonchev–Trinajstić information content (AvgIpc) is 3.24. The van der Waals surface area contributed by atoms with Gasteiger partial charge in [0.25, 0.3) is 5.56 Å². The Morgan fingerprint density at radius 1 is 1.19 bits per heavy atom. The van der Waals surface area contributed by atoms with E-state index in [1.165, 1.54) is 18.4 Å². The largest absolute Gasteiger partial charge is 0.497 e. The second-order valence-electron chi connectivity index (χ2n) is 7.19. The quantitative estimate of drug-likeness (QED) is 0.576. The Bertz CT molecular complexity index is 1380. The summed E-state index contributed by atoms with van der Waals surface area (Å²) in [6.07, 6.45) is 3.67. The highest BCUT2D eigenvalue weighted by Gasteiger charge is 2.33. The molecule has 0 amide bonds. The Kier molecular flexibility index (Phi) is 5.36. The number of allylic oxidation sites excluding steroid dienone is 1. The molecule has 31 heavy (non-hydrogen) atoms. The van der Waals surface area contributed by atoms with Crippen molar-refractivity contribution in [3.8, 4) is 5.75 Å². The lowest BCUT2D eigenvalue weighted by Gasteiger charge is -2.24. The van der Waals surface area contributed by atoms with Gasteiger partial charge in [-0.2, -0.15) is 5.10 Å². The third-order valence-electron chi connectivity index (χ3n) is 5.20. The molecule has 3 heterocycles. The van der Waals surface area contributed by atoms with Crippen LogP contribution in [0.5, 0.6) is 5.75 Å². The molecule has 0 N–H and O–H groups in total. The van der Waals surface area contributed by atoms with Crippen LogP contribution in [0.15, 0.2) is 51.5 Å². The van der Waals surface area contributed by atoms with Gasteiger partial charge in [0.05, 0.1) is 41.8 Å². The minimum absolute atomic E-state index is 0.221. The molecule has 0 saturated heterocycles. The van der Waals surface area contributed by atoms with Crippen LogP contribution in [0.25, 0.3) is 6.08 Å². The van der Waals surface area contributed by atoms with Crippen LogP contribution in [-0.2, 0) is 16.6 Å². The normalized spacial score (nSPS) is 16.2. The first kappa shape index (κ1) is 20.8. The zero-order valence-electron chi connectivity index (χ0n) is 17.9. The molecular weight excluding hydrogens is 416 g/mol. The van der Waals surface area contributed by atoms with Crippen molar-refractivity contribution < 1.29 is 14.3 Å². The Balaban J connectivity index is 1.97. The molecule has 0 fully saturated rings. The van der Waals surface area contributed by atoms with Crippen LogP contribution in [0.2, 0.25) is 0 Å². The van der Waals surface area contributed by atoms with E-state index in [0.717, 1.165) is 16.8 Å². The molecule has 1 aliphatic heterocycles. The molecule has 8 nitrogen and oxygen atoms in total. The van der Waals surface area contributed by atoms with Gasteiger partial charge in [-0.15, -0.1) is 0 Å². The molecule has 0 bridgehead atoms. The van der Waals surface area contributed by atoms with E-state index >= 15 is 0 Å². The molecule has 1 aromatic carbocycles. The van der Waals surface area contributed by atoms with Crippen LogP contribution in [0.3, 0.4) is 0 Å². The van der Waals surface area contributed by atoms with E-state index in [1.807, 2.05) is 38.4 Å². The number of ether oxygens (including phenoxy) is 2. The monoisotopic (exact) mass is 438 g/mol. The fourth-order valence-electron chi connectivity index (χ4n) is 3.70. The van der Waals surface area contributed by atoms with Crippen molar-refractivity contribution >= 4 is 23.4 Å². The van der Waals surface area contributed by atoms with Gasteiger partial charge in [0.15, 0.2) is 4.80 Å². The van der Waals surface area contributed by atoms with Gasteiger partial charge < -0.3 is 9.47 Å². The first-order chi connectivity index (χ1) is 14.8. The van der Waals surface area contributed by atoms with Crippen LogP contribution in [-0.4, -0.2) is 34.5 Å². The van der Waals surface area contributed by atoms with Crippen LogP contribution in [0.1, 0.15) is 29.8 Å². The molecule has 9 heteroatoms. The summed E-state index contributed by atoms with van der Waals surface area (Å²) in [6, 6.07) is 6.64. The summed E-state index contributed by atoms with van der Waals surface area (Å²) in [7, 11) is 4.74. The molecule has 0 saturated carbocycles. The molecule has 4 rings (SSSR count). The van der Waals surface area contributed by atoms with Gasteiger partial charge in [-0.3, -0.25) is 14.0 Å². The molecule has 1 unspecified atom stereocenters. The van der Waals surface area contributed by atoms with Crippen molar-refractivity contribution in [1.29, 1.82) is 0 Å². The number of fused-ring (bicyclic) bond motifs is 1. The second kappa shape index (κ2) is 7.99. The van der Waals surface area contributed by atoms with Crippen LogP contribution < -0.4 is 19.6 Å². The summed E-state index contributed by atoms with van der Waals surface area (Å²) in [6.45, 7) is 3.65. The molecule has 0 spiro atoms. The zero-order chi connectivity index (χ0) is 22.3. The van der Waals surface area contributed by atoms with Gasteiger partial charge in [-0.25, -0.2) is 9.79 Å². The molecule has 0 radical (unpaired) electrons. The number of benzene rings is 1. The lowest BCUT2D eigenvalue weighted by atomic mass is 9.96. The number of aryl methyl sites for hydroxylation is 2. The number of aromatic nitrogens is 3. The number of esters is 1. The highest BCUT2D eigenvalue weighted by atomic mass is 32.1. The van der Waals surface area contributed by atoms with Gasteiger partial charge in [0, 0.05) is 18.8 Å². The number of rotatable bonds is 4. The molecule has 2 aromatic heterocycles. The van der Waals surface area contributed by atoms with Gasteiger partial charge in [0.2, 0.25) is 0 Å². The third-order valence-corrected chi connectivity index (χ3v) is 6.18.